The van der Waals surface area contributed by atoms with Crippen LogP contribution in [-0.2, 0) is 11.2 Å². The fourth-order valence-corrected chi connectivity index (χ4v) is 2.11. The predicted octanol–water partition coefficient (Wildman–Crippen LogP) is 2.76. The van der Waals surface area contributed by atoms with Gasteiger partial charge in [0.2, 0.25) is 0 Å². The van der Waals surface area contributed by atoms with Crippen LogP contribution in [-0.4, -0.2) is 22.6 Å². The summed E-state index contributed by atoms with van der Waals surface area (Å²) in [7, 11) is 0. The van der Waals surface area contributed by atoms with Crippen molar-refractivity contribution in [2.24, 2.45) is 0 Å². The zero-order valence-electron chi connectivity index (χ0n) is 9.53. The number of nitrogens with zero attached hydrogens (tertiary/aromatic N) is 1. The normalized spacial score (nSPS) is 10.3. The lowest BCUT2D eigenvalue weighted by Gasteiger charge is -2.01. The van der Waals surface area contributed by atoms with Crippen LogP contribution < -0.4 is 5.32 Å². The summed E-state index contributed by atoms with van der Waals surface area (Å²) < 4.78 is 0. The summed E-state index contributed by atoms with van der Waals surface area (Å²) in [5.74, 6) is -0.834. The molecule has 0 saturated heterocycles. The monoisotopic (exact) mass is 242 g/mol. The largest absolute Gasteiger partial charge is 0.481 e. The molecule has 4 nitrogen and oxygen atoms in total. The van der Waals surface area contributed by atoms with Gasteiger partial charge in [-0.2, -0.15) is 0 Å². The first-order valence-electron chi connectivity index (χ1n) is 5.62. The summed E-state index contributed by atoms with van der Waals surface area (Å²) in [4.78, 5) is 14.6. The van der Waals surface area contributed by atoms with Crippen molar-refractivity contribution in [2.45, 2.75) is 39.0 Å². The van der Waals surface area contributed by atoms with Crippen molar-refractivity contribution in [1.82, 2.24) is 4.98 Å². The Bertz CT molecular complexity index is 326. The van der Waals surface area contributed by atoms with Crippen LogP contribution in [0.4, 0.5) is 5.13 Å². The molecular weight excluding hydrogens is 224 g/mol. The molecule has 1 aromatic rings. The average molecular weight is 242 g/mol. The third kappa shape index (κ3) is 5.11. The minimum Gasteiger partial charge on any atom is -0.481 e. The van der Waals surface area contributed by atoms with E-state index in [2.05, 4.69) is 17.2 Å². The fourth-order valence-electron chi connectivity index (χ4n) is 1.37. The second-order valence-electron chi connectivity index (χ2n) is 3.70. The summed E-state index contributed by atoms with van der Waals surface area (Å²) in [6.07, 6.45) is 4.89. The van der Waals surface area contributed by atoms with Gasteiger partial charge < -0.3 is 10.4 Å². The number of hydrogen-bond donors (Lipinski definition) is 2. The Hall–Kier alpha value is -1.10. The molecule has 0 fully saturated rings. The van der Waals surface area contributed by atoms with Crippen molar-refractivity contribution in [3.63, 3.8) is 0 Å². The molecule has 90 valence electrons. The molecule has 0 aliphatic heterocycles. The van der Waals surface area contributed by atoms with E-state index in [9.17, 15) is 4.79 Å². The van der Waals surface area contributed by atoms with Crippen LogP contribution in [0.2, 0.25) is 0 Å². The minimum atomic E-state index is -0.834. The van der Waals surface area contributed by atoms with Crippen LogP contribution in [0.15, 0.2) is 5.38 Å². The van der Waals surface area contributed by atoms with E-state index >= 15 is 0 Å². The number of carboxylic acids is 1. The molecule has 1 aromatic heterocycles. The quantitative estimate of drug-likeness (QED) is 0.688. The molecule has 0 spiro atoms. The van der Waals surface area contributed by atoms with E-state index in [4.69, 9.17) is 5.11 Å². The van der Waals surface area contributed by atoms with Crippen LogP contribution >= 0.6 is 11.3 Å². The van der Waals surface area contributed by atoms with Crippen LogP contribution in [0.3, 0.4) is 0 Å². The lowest BCUT2D eigenvalue weighted by Crippen LogP contribution is -2.03. The summed E-state index contributed by atoms with van der Waals surface area (Å²) in [6.45, 7) is 3.10. The Labute approximate surface area is 99.7 Å². The van der Waals surface area contributed by atoms with E-state index in [1.54, 1.807) is 5.38 Å². The third-order valence-electron chi connectivity index (χ3n) is 2.19. The second kappa shape index (κ2) is 7.22. The van der Waals surface area contributed by atoms with Crippen molar-refractivity contribution in [3.8, 4) is 0 Å². The highest BCUT2D eigenvalue weighted by molar-refractivity contribution is 7.13. The molecule has 0 aliphatic carbocycles. The summed E-state index contributed by atoms with van der Waals surface area (Å²) in [6, 6.07) is 0. The third-order valence-corrected chi connectivity index (χ3v) is 3.04. The van der Waals surface area contributed by atoms with Crippen LogP contribution in [0, 0.1) is 0 Å². The Morgan fingerprint density at radius 2 is 2.31 bits per heavy atom. The summed E-state index contributed by atoms with van der Waals surface area (Å²) in [5, 5.41) is 14.4. The number of carboxylic acid groups (broad SMARTS) is 1. The molecule has 0 atom stereocenters. The van der Waals surface area contributed by atoms with Gasteiger partial charge in [-0.15, -0.1) is 11.3 Å². The number of aromatic nitrogens is 1. The summed E-state index contributed by atoms with van der Waals surface area (Å²) >= 11 is 1.47. The molecule has 0 saturated carbocycles. The number of anilines is 1. The smallest absolute Gasteiger partial charge is 0.309 e. The van der Waals surface area contributed by atoms with E-state index < -0.39 is 5.97 Å². The van der Waals surface area contributed by atoms with E-state index in [-0.39, 0.29) is 6.42 Å². The molecule has 0 radical (unpaired) electrons. The van der Waals surface area contributed by atoms with Crippen molar-refractivity contribution >= 4 is 22.4 Å². The Balaban J connectivity index is 2.21. The molecule has 0 aromatic carbocycles. The first-order valence-corrected chi connectivity index (χ1v) is 6.50. The Morgan fingerprint density at radius 3 is 3.00 bits per heavy atom. The number of aliphatic carboxylic acids is 1. The Kier molecular flexibility index (Phi) is 5.85. The molecule has 0 bridgehead atoms. The molecule has 16 heavy (non-hydrogen) atoms. The van der Waals surface area contributed by atoms with Gasteiger partial charge in [-0.3, -0.25) is 4.79 Å². The molecule has 0 unspecified atom stereocenters. The predicted molar refractivity (Wildman–Crippen MR) is 66.1 cm³/mol. The number of nitrogens with one attached hydrogen (secondary N) is 1. The van der Waals surface area contributed by atoms with Crippen molar-refractivity contribution in [2.75, 3.05) is 11.9 Å². The molecule has 2 N–H and O–H groups in total. The number of unbranched alkanes of at least 4 members (excludes halogenated alkanes) is 3. The van der Waals surface area contributed by atoms with Gasteiger partial charge in [-0.25, -0.2) is 4.98 Å². The first-order chi connectivity index (χ1) is 7.72. The number of thiazole rings is 1. The molecule has 0 aliphatic rings. The maximum Gasteiger partial charge on any atom is 0.309 e. The number of carbonyl (C=O) groups is 1. The van der Waals surface area contributed by atoms with Gasteiger partial charge in [0.15, 0.2) is 5.13 Å². The van der Waals surface area contributed by atoms with Crippen molar-refractivity contribution in [1.29, 1.82) is 0 Å². The van der Waals surface area contributed by atoms with Gasteiger partial charge >= 0.3 is 5.97 Å². The topological polar surface area (TPSA) is 62.2 Å². The minimum absolute atomic E-state index is 0.00795. The maximum absolute atomic E-state index is 10.5. The standard InChI is InChI=1S/C11H18N2O2S/c1-2-3-4-5-6-12-11-13-9(8-16-11)7-10(14)15/h8H,2-7H2,1H3,(H,12,13)(H,14,15). The van der Waals surface area contributed by atoms with Gasteiger partial charge in [0.1, 0.15) is 0 Å². The SMILES string of the molecule is CCCCCCNc1nc(CC(=O)O)cs1. The van der Waals surface area contributed by atoms with Crippen LogP contribution in [0.1, 0.15) is 38.3 Å². The summed E-state index contributed by atoms with van der Waals surface area (Å²) in [5.41, 5.74) is 0.633. The second-order valence-corrected chi connectivity index (χ2v) is 4.56. The molecule has 0 amide bonds. The lowest BCUT2D eigenvalue weighted by atomic mass is 10.2. The zero-order valence-corrected chi connectivity index (χ0v) is 10.3. The van der Waals surface area contributed by atoms with E-state index in [0.717, 1.165) is 18.1 Å². The molecule has 1 rings (SSSR count). The van der Waals surface area contributed by atoms with Gasteiger partial charge in [0, 0.05) is 11.9 Å². The van der Waals surface area contributed by atoms with Gasteiger partial charge in [-0.1, -0.05) is 26.2 Å². The van der Waals surface area contributed by atoms with Crippen LogP contribution in [0.5, 0.6) is 0 Å². The Morgan fingerprint density at radius 1 is 1.50 bits per heavy atom. The van der Waals surface area contributed by atoms with E-state index in [1.807, 2.05) is 0 Å². The van der Waals surface area contributed by atoms with E-state index in [1.165, 1.54) is 30.6 Å². The van der Waals surface area contributed by atoms with Gasteiger partial charge in [0.05, 0.1) is 12.1 Å². The molecule has 1 heterocycles. The first kappa shape index (κ1) is 13.0. The van der Waals surface area contributed by atoms with Crippen molar-refractivity contribution < 1.29 is 9.90 Å². The maximum atomic E-state index is 10.5. The molecular formula is C11H18N2O2S. The van der Waals surface area contributed by atoms with Gasteiger partial charge in [-0.05, 0) is 6.42 Å². The number of hydrogen-bond acceptors (Lipinski definition) is 4. The molecule has 5 heteroatoms. The highest BCUT2D eigenvalue weighted by Gasteiger charge is 2.05. The fraction of sp³-hybridized carbons (Fsp3) is 0.636. The average Bonchev–Trinajstić information content (AvgIpc) is 2.64. The van der Waals surface area contributed by atoms with Crippen molar-refractivity contribution in [3.05, 3.63) is 11.1 Å². The van der Waals surface area contributed by atoms with E-state index in [0.29, 0.717) is 5.69 Å². The number of rotatable bonds is 8. The van der Waals surface area contributed by atoms with Gasteiger partial charge in [0.25, 0.3) is 0 Å². The van der Waals surface area contributed by atoms with Crippen LogP contribution in [0.25, 0.3) is 0 Å². The highest BCUT2D eigenvalue weighted by Crippen LogP contribution is 2.15. The highest BCUT2D eigenvalue weighted by atomic mass is 32.1. The lowest BCUT2D eigenvalue weighted by molar-refractivity contribution is -0.136. The zero-order chi connectivity index (χ0) is 11.8.